The lowest BCUT2D eigenvalue weighted by atomic mass is 10.00. The van der Waals surface area contributed by atoms with Crippen molar-refractivity contribution < 1.29 is 9.84 Å². The maximum atomic E-state index is 10.4. The molecule has 0 amide bonds. The molecule has 0 fully saturated rings. The van der Waals surface area contributed by atoms with Crippen LogP contribution in [-0.2, 0) is 6.54 Å². The minimum atomic E-state index is -0.628. The van der Waals surface area contributed by atoms with Gasteiger partial charge in [0, 0.05) is 31.0 Å². The number of aliphatic hydroxyl groups excluding tert-OH is 1. The normalized spacial score (nSPS) is 16.1. The van der Waals surface area contributed by atoms with E-state index < -0.39 is 6.10 Å². The lowest BCUT2D eigenvalue weighted by Crippen LogP contribution is -2.16. The second kappa shape index (κ2) is 5.38. The summed E-state index contributed by atoms with van der Waals surface area (Å²) >= 11 is 0. The summed E-state index contributed by atoms with van der Waals surface area (Å²) in [6.45, 7) is 2.29. The van der Waals surface area contributed by atoms with Gasteiger partial charge in [-0.15, -0.1) is 0 Å². The van der Waals surface area contributed by atoms with Gasteiger partial charge >= 0.3 is 0 Å². The highest BCUT2D eigenvalue weighted by atomic mass is 16.5. The van der Waals surface area contributed by atoms with E-state index in [1.807, 2.05) is 30.3 Å². The summed E-state index contributed by atoms with van der Waals surface area (Å²) in [6.07, 6.45) is 2.75. The molecular weight excluding hydrogens is 240 g/mol. The van der Waals surface area contributed by atoms with E-state index >= 15 is 0 Å². The number of nitrogens with zero attached hydrogens (tertiary/aromatic N) is 1. The fourth-order valence-electron chi connectivity index (χ4n) is 2.24. The Kier molecular flexibility index (Phi) is 3.44. The van der Waals surface area contributed by atoms with Crippen molar-refractivity contribution in [2.24, 2.45) is 0 Å². The molecule has 19 heavy (non-hydrogen) atoms. The summed E-state index contributed by atoms with van der Waals surface area (Å²) in [5.74, 6) is 0.899. The topological polar surface area (TPSA) is 54.4 Å². The number of rotatable bonds is 2. The molecule has 1 aromatic heterocycles. The van der Waals surface area contributed by atoms with E-state index in [1.165, 1.54) is 0 Å². The third-order valence-corrected chi connectivity index (χ3v) is 3.27. The van der Waals surface area contributed by atoms with E-state index in [4.69, 9.17) is 4.74 Å². The Hall–Kier alpha value is -1.91. The van der Waals surface area contributed by atoms with Gasteiger partial charge in [0.1, 0.15) is 18.5 Å². The Bertz CT molecular complexity index is 557. The standard InChI is InChI=1S/C15H16N2O2/c18-15(11-3-5-16-6-4-11)12-1-2-14-13(9-12)10-17-7-8-19-14/h1-6,9,15,17-18H,7-8,10H2. The summed E-state index contributed by atoms with van der Waals surface area (Å²) in [5.41, 5.74) is 2.80. The van der Waals surface area contributed by atoms with Gasteiger partial charge in [0.25, 0.3) is 0 Å². The number of benzene rings is 1. The molecule has 1 atom stereocenters. The van der Waals surface area contributed by atoms with Crippen LogP contribution in [0.5, 0.6) is 5.75 Å². The first-order valence-electron chi connectivity index (χ1n) is 6.39. The molecular formula is C15H16N2O2. The Morgan fingerprint density at radius 2 is 2.00 bits per heavy atom. The van der Waals surface area contributed by atoms with Gasteiger partial charge in [0.15, 0.2) is 0 Å². The third-order valence-electron chi connectivity index (χ3n) is 3.27. The molecule has 4 heteroatoms. The molecule has 1 aliphatic rings. The maximum absolute atomic E-state index is 10.4. The Morgan fingerprint density at radius 3 is 2.84 bits per heavy atom. The van der Waals surface area contributed by atoms with Crippen LogP contribution in [0, 0.1) is 0 Å². The number of ether oxygens (including phenoxy) is 1. The first kappa shape index (κ1) is 12.1. The van der Waals surface area contributed by atoms with Crippen LogP contribution in [0.1, 0.15) is 22.8 Å². The van der Waals surface area contributed by atoms with Crippen LogP contribution in [0.3, 0.4) is 0 Å². The smallest absolute Gasteiger partial charge is 0.123 e. The average Bonchev–Trinajstić information content (AvgIpc) is 2.72. The van der Waals surface area contributed by atoms with Crippen molar-refractivity contribution in [1.82, 2.24) is 10.3 Å². The molecule has 2 aromatic rings. The molecule has 0 saturated carbocycles. The number of nitrogens with one attached hydrogen (secondary N) is 1. The van der Waals surface area contributed by atoms with Gasteiger partial charge in [-0.2, -0.15) is 0 Å². The lowest BCUT2D eigenvalue weighted by molar-refractivity contribution is 0.220. The van der Waals surface area contributed by atoms with Crippen LogP contribution >= 0.6 is 0 Å². The molecule has 1 aliphatic heterocycles. The summed E-state index contributed by atoms with van der Waals surface area (Å²) in [5, 5.41) is 13.7. The quantitative estimate of drug-likeness (QED) is 0.857. The summed E-state index contributed by atoms with van der Waals surface area (Å²) in [7, 11) is 0. The average molecular weight is 256 g/mol. The van der Waals surface area contributed by atoms with Crippen LogP contribution in [0.15, 0.2) is 42.7 Å². The fraction of sp³-hybridized carbons (Fsp3) is 0.267. The van der Waals surface area contributed by atoms with Crippen molar-refractivity contribution in [2.75, 3.05) is 13.2 Å². The van der Waals surface area contributed by atoms with Crippen molar-refractivity contribution in [2.45, 2.75) is 12.6 Å². The zero-order valence-electron chi connectivity index (χ0n) is 10.5. The van der Waals surface area contributed by atoms with E-state index in [9.17, 15) is 5.11 Å². The zero-order valence-corrected chi connectivity index (χ0v) is 10.5. The molecule has 4 nitrogen and oxygen atoms in total. The van der Waals surface area contributed by atoms with Gasteiger partial charge in [-0.05, 0) is 35.4 Å². The van der Waals surface area contributed by atoms with Gasteiger partial charge in [-0.1, -0.05) is 6.07 Å². The molecule has 0 radical (unpaired) electrons. The predicted octanol–water partition coefficient (Wildman–Crippen LogP) is 1.65. The molecule has 3 rings (SSSR count). The van der Waals surface area contributed by atoms with Gasteiger partial charge in [-0.3, -0.25) is 4.98 Å². The number of aliphatic hydroxyl groups is 1. The second-order valence-corrected chi connectivity index (χ2v) is 4.58. The maximum Gasteiger partial charge on any atom is 0.123 e. The molecule has 1 unspecified atom stereocenters. The van der Waals surface area contributed by atoms with Gasteiger partial charge in [0.2, 0.25) is 0 Å². The molecule has 2 heterocycles. The molecule has 98 valence electrons. The number of hydrogen-bond donors (Lipinski definition) is 2. The zero-order chi connectivity index (χ0) is 13.1. The monoisotopic (exact) mass is 256 g/mol. The second-order valence-electron chi connectivity index (χ2n) is 4.58. The molecule has 1 aromatic carbocycles. The Balaban J connectivity index is 1.91. The minimum absolute atomic E-state index is 0.628. The van der Waals surface area contributed by atoms with Crippen molar-refractivity contribution in [1.29, 1.82) is 0 Å². The Labute approximate surface area is 112 Å². The van der Waals surface area contributed by atoms with E-state index in [-0.39, 0.29) is 0 Å². The molecule has 0 saturated heterocycles. The number of aromatic nitrogens is 1. The summed E-state index contributed by atoms with van der Waals surface area (Å²) < 4.78 is 5.63. The molecule has 0 aliphatic carbocycles. The van der Waals surface area contributed by atoms with Crippen LogP contribution in [0.2, 0.25) is 0 Å². The SMILES string of the molecule is OC(c1ccncc1)c1ccc2c(c1)CNCCO2. The molecule has 0 bridgehead atoms. The minimum Gasteiger partial charge on any atom is -0.492 e. The molecule has 0 spiro atoms. The predicted molar refractivity (Wildman–Crippen MR) is 71.9 cm³/mol. The van der Waals surface area contributed by atoms with Crippen molar-refractivity contribution in [3.63, 3.8) is 0 Å². The highest BCUT2D eigenvalue weighted by Crippen LogP contribution is 2.27. The van der Waals surface area contributed by atoms with Gasteiger partial charge < -0.3 is 15.2 Å². The van der Waals surface area contributed by atoms with E-state index in [0.29, 0.717) is 6.61 Å². The largest absolute Gasteiger partial charge is 0.492 e. The highest BCUT2D eigenvalue weighted by molar-refractivity contribution is 5.40. The van der Waals surface area contributed by atoms with Crippen LogP contribution in [-0.4, -0.2) is 23.2 Å². The first-order valence-corrected chi connectivity index (χ1v) is 6.39. The Morgan fingerprint density at radius 1 is 1.16 bits per heavy atom. The van der Waals surface area contributed by atoms with E-state index in [2.05, 4.69) is 10.3 Å². The van der Waals surface area contributed by atoms with Crippen molar-refractivity contribution >= 4 is 0 Å². The number of hydrogen-bond acceptors (Lipinski definition) is 4. The summed E-state index contributed by atoms with van der Waals surface area (Å²) in [4.78, 5) is 3.96. The summed E-state index contributed by atoms with van der Waals surface area (Å²) in [6, 6.07) is 9.49. The number of pyridine rings is 1. The van der Waals surface area contributed by atoms with E-state index in [0.717, 1.165) is 35.5 Å². The van der Waals surface area contributed by atoms with Crippen molar-refractivity contribution in [3.05, 3.63) is 59.4 Å². The first-order chi connectivity index (χ1) is 9.34. The van der Waals surface area contributed by atoms with Crippen molar-refractivity contribution in [3.8, 4) is 5.75 Å². The molecule has 2 N–H and O–H groups in total. The fourth-order valence-corrected chi connectivity index (χ4v) is 2.24. The van der Waals surface area contributed by atoms with E-state index in [1.54, 1.807) is 12.4 Å². The van der Waals surface area contributed by atoms with Gasteiger partial charge in [-0.25, -0.2) is 0 Å². The number of fused-ring (bicyclic) bond motifs is 1. The van der Waals surface area contributed by atoms with Crippen LogP contribution in [0.25, 0.3) is 0 Å². The van der Waals surface area contributed by atoms with Crippen LogP contribution in [0.4, 0.5) is 0 Å². The highest BCUT2D eigenvalue weighted by Gasteiger charge is 2.14. The third kappa shape index (κ3) is 2.59. The van der Waals surface area contributed by atoms with Crippen LogP contribution < -0.4 is 10.1 Å². The van der Waals surface area contributed by atoms with Gasteiger partial charge in [0.05, 0.1) is 0 Å². The lowest BCUT2D eigenvalue weighted by Gasteiger charge is -2.14.